The van der Waals surface area contributed by atoms with Gasteiger partial charge in [0.05, 0.1) is 11.3 Å². The average molecular weight is 389 g/mol. The molecule has 3 aromatic heterocycles. The molecule has 1 saturated carbocycles. The molecule has 1 N–H and O–H groups in total. The van der Waals surface area contributed by atoms with Crippen molar-refractivity contribution in [3.8, 4) is 22.5 Å². The Morgan fingerprint density at radius 1 is 1.07 bits per heavy atom. The SMILES string of the molecule is CCC1(c2nc3c(c(-c4ccnc(C)c4)c2-c2nn[nH]n2)CCCCC3)CCC1. The van der Waals surface area contributed by atoms with Crippen LogP contribution in [0.1, 0.15) is 74.5 Å². The van der Waals surface area contributed by atoms with E-state index in [-0.39, 0.29) is 5.41 Å². The van der Waals surface area contributed by atoms with Gasteiger partial charge in [0.2, 0.25) is 5.82 Å². The van der Waals surface area contributed by atoms with Crippen molar-refractivity contribution in [2.45, 2.75) is 77.0 Å². The summed E-state index contributed by atoms with van der Waals surface area (Å²) in [7, 11) is 0. The molecule has 150 valence electrons. The molecule has 29 heavy (non-hydrogen) atoms. The highest BCUT2D eigenvalue weighted by Gasteiger charge is 2.42. The Labute approximate surface area is 171 Å². The van der Waals surface area contributed by atoms with Crippen LogP contribution in [0.3, 0.4) is 0 Å². The van der Waals surface area contributed by atoms with Gasteiger partial charge in [-0.1, -0.05) is 19.8 Å². The molecule has 6 heteroatoms. The van der Waals surface area contributed by atoms with Crippen LogP contribution in [-0.4, -0.2) is 30.6 Å². The molecule has 0 unspecified atom stereocenters. The zero-order valence-corrected chi connectivity index (χ0v) is 17.3. The summed E-state index contributed by atoms with van der Waals surface area (Å²) in [6.45, 7) is 4.35. The summed E-state index contributed by atoms with van der Waals surface area (Å²) < 4.78 is 0. The first-order valence-corrected chi connectivity index (χ1v) is 10.9. The van der Waals surface area contributed by atoms with Gasteiger partial charge in [0.25, 0.3) is 0 Å². The summed E-state index contributed by atoms with van der Waals surface area (Å²) >= 11 is 0. The number of hydrogen-bond donors (Lipinski definition) is 1. The Bertz CT molecular complexity index is 1010. The van der Waals surface area contributed by atoms with Crippen LogP contribution in [0.15, 0.2) is 18.3 Å². The number of pyridine rings is 2. The summed E-state index contributed by atoms with van der Waals surface area (Å²) in [6.07, 6.45) is 12.5. The van der Waals surface area contributed by atoms with E-state index in [0.717, 1.165) is 30.5 Å². The van der Waals surface area contributed by atoms with E-state index in [4.69, 9.17) is 4.98 Å². The molecule has 6 nitrogen and oxygen atoms in total. The van der Waals surface area contributed by atoms with Crippen molar-refractivity contribution >= 4 is 0 Å². The van der Waals surface area contributed by atoms with Crippen LogP contribution in [-0.2, 0) is 18.3 Å². The highest BCUT2D eigenvalue weighted by Crippen LogP contribution is 2.51. The quantitative estimate of drug-likeness (QED) is 0.653. The minimum atomic E-state index is 0.133. The van der Waals surface area contributed by atoms with E-state index in [2.05, 4.69) is 51.6 Å². The van der Waals surface area contributed by atoms with Crippen LogP contribution in [0.25, 0.3) is 22.5 Å². The molecule has 3 heterocycles. The zero-order valence-electron chi connectivity index (χ0n) is 17.3. The number of aryl methyl sites for hydroxylation is 2. The molecule has 2 aliphatic rings. The van der Waals surface area contributed by atoms with Crippen LogP contribution in [0.5, 0.6) is 0 Å². The number of fused-ring (bicyclic) bond motifs is 1. The Morgan fingerprint density at radius 2 is 1.93 bits per heavy atom. The maximum absolute atomic E-state index is 5.37. The number of nitrogens with one attached hydrogen (secondary N) is 1. The van der Waals surface area contributed by atoms with Crippen molar-refractivity contribution in [3.05, 3.63) is 41.0 Å². The highest BCUT2D eigenvalue weighted by molar-refractivity contribution is 5.86. The van der Waals surface area contributed by atoms with E-state index < -0.39 is 0 Å². The largest absolute Gasteiger partial charge is 0.262 e. The molecule has 0 aliphatic heterocycles. The highest BCUT2D eigenvalue weighted by atomic mass is 15.5. The van der Waals surface area contributed by atoms with Crippen LogP contribution >= 0.6 is 0 Å². The van der Waals surface area contributed by atoms with Gasteiger partial charge >= 0.3 is 0 Å². The van der Waals surface area contributed by atoms with Gasteiger partial charge in [0.1, 0.15) is 0 Å². The van der Waals surface area contributed by atoms with Crippen molar-refractivity contribution in [2.75, 3.05) is 0 Å². The minimum absolute atomic E-state index is 0.133. The molecule has 3 aromatic rings. The number of aromatic nitrogens is 6. The predicted molar refractivity (Wildman–Crippen MR) is 112 cm³/mol. The van der Waals surface area contributed by atoms with Crippen LogP contribution in [0.4, 0.5) is 0 Å². The maximum Gasteiger partial charge on any atom is 0.207 e. The van der Waals surface area contributed by atoms with E-state index in [9.17, 15) is 0 Å². The lowest BCUT2D eigenvalue weighted by atomic mass is 9.63. The Morgan fingerprint density at radius 3 is 2.62 bits per heavy atom. The van der Waals surface area contributed by atoms with E-state index in [1.54, 1.807) is 0 Å². The van der Waals surface area contributed by atoms with Gasteiger partial charge in [0.15, 0.2) is 0 Å². The van der Waals surface area contributed by atoms with Gasteiger partial charge in [-0.3, -0.25) is 9.97 Å². The van der Waals surface area contributed by atoms with Crippen molar-refractivity contribution in [1.29, 1.82) is 0 Å². The molecule has 0 aromatic carbocycles. The molecule has 0 spiro atoms. The summed E-state index contributed by atoms with van der Waals surface area (Å²) in [5.74, 6) is 0.670. The third kappa shape index (κ3) is 3.05. The first-order valence-electron chi connectivity index (χ1n) is 10.9. The average Bonchev–Trinajstić information content (AvgIpc) is 3.12. The molecule has 0 bridgehead atoms. The number of nitrogens with zero attached hydrogens (tertiary/aromatic N) is 5. The van der Waals surface area contributed by atoms with E-state index >= 15 is 0 Å². The molecule has 0 saturated heterocycles. The zero-order chi connectivity index (χ0) is 19.8. The van der Waals surface area contributed by atoms with Crippen molar-refractivity contribution < 1.29 is 0 Å². The number of rotatable bonds is 4. The molecule has 0 radical (unpaired) electrons. The second kappa shape index (κ2) is 7.32. The smallest absolute Gasteiger partial charge is 0.207 e. The second-order valence-electron chi connectivity index (χ2n) is 8.61. The van der Waals surface area contributed by atoms with Crippen molar-refractivity contribution in [3.63, 3.8) is 0 Å². The molecule has 5 rings (SSSR count). The van der Waals surface area contributed by atoms with Gasteiger partial charge < -0.3 is 0 Å². The number of tetrazole rings is 1. The van der Waals surface area contributed by atoms with Gasteiger partial charge in [-0.25, -0.2) is 0 Å². The van der Waals surface area contributed by atoms with Gasteiger partial charge in [-0.2, -0.15) is 5.21 Å². The van der Waals surface area contributed by atoms with E-state index in [1.165, 1.54) is 66.6 Å². The molecular weight excluding hydrogens is 360 g/mol. The number of aromatic amines is 1. The lowest BCUT2D eigenvalue weighted by Gasteiger charge is -2.42. The fourth-order valence-corrected chi connectivity index (χ4v) is 5.17. The summed E-state index contributed by atoms with van der Waals surface area (Å²) in [4.78, 5) is 9.80. The van der Waals surface area contributed by atoms with E-state index in [1.807, 2.05) is 6.20 Å². The molecule has 2 aliphatic carbocycles. The minimum Gasteiger partial charge on any atom is -0.262 e. The standard InChI is InChI=1S/C23H28N6/c1-3-23(11-7-12-23)21-20(22-26-28-29-27-22)19(16-10-13-24-15(2)14-16)17-8-5-4-6-9-18(17)25-21/h10,13-14H,3-9,11-12H2,1-2H3,(H,26,27,28,29). The Kier molecular flexibility index (Phi) is 4.64. The number of H-pyrrole nitrogens is 1. The summed E-state index contributed by atoms with van der Waals surface area (Å²) in [5, 5.41) is 15.4. The van der Waals surface area contributed by atoms with Crippen LogP contribution in [0.2, 0.25) is 0 Å². The predicted octanol–water partition coefficient (Wildman–Crippen LogP) is 4.73. The lowest BCUT2D eigenvalue weighted by Crippen LogP contribution is -2.35. The molecule has 0 atom stereocenters. The summed E-state index contributed by atoms with van der Waals surface area (Å²) in [5.41, 5.74) is 8.56. The monoisotopic (exact) mass is 388 g/mol. The topological polar surface area (TPSA) is 80.2 Å². The fraction of sp³-hybridized carbons (Fsp3) is 0.522. The molecule has 0 amide bonds. The third-order valence-electron chi connectivity index (χ3n) is 6.97. The molecular formula is C23H28N6. The van der Waals surface area contributed by atoms with Gasteiger partial charge in [0, 0.05) is 23.0 Å². The lowest BCUT2D eigenvalue weighted by molar-refractivity contribution is 0.228. The Balaban J connectivity index is 1.87. The summed E-state index contributed by atoms with van der Waals surface area (Å²) in [6, 6.07) is 4.31. The maximum atomic E-state index is 5.37. The molecule has 1 fully saturated rings. The Hall–Kier alpha value is -2.63. The first kappa shape index (κ1) is 18.4. The van der Waals surface area contributed by atoms with Gasteiger partial charge in [-0.15, -0.1) is 10.2 Å². The fourth-order valence-electron chi connectivity index (χ4n) is 5.17. The van der Waals surface area contributed by atoms with Crippen molar-refractivity contribution in [1.82, 2.24) is 30.6 Å². The van der Waals surface area contributed by atoms with E-state index in [0.29, 0.717) is 5.82 Å². The van der Waals surface area contributed by atoms with Crippen LogP contribution < -0.4 is 0 Å². The second-order valence-corrected chi connectivity index (χ2v) is 8.61. The van der Waals surface area contributed by atoms with Gasteiger partial charge in [-0.05, 0) is 85.9 Å². The van der Waals surface area contributed by atoms with Crippen molar-refractivity contribution in [2.24, 2.45) is 0 Å². The third-order valence-corrected chi connectivity index (χ3v) is 6.97. The first-order chi connectivity index (χ1) is 14.2. The normalized spacial score (nSPS) is 18.0. The van der Waals surface area contributed by atoms with Crippen LogP contribution in [0, 0.1) is 6.92 Å². The number of hydrogen-bond acceptors (Lipinski definition) is 5.